The minimum atomic E-state index is 0.0788. The molecule has 1 aliphatic heterocycles. The van der Waals surface area contributed by atoms with Gasteiger partial charge in [0.05, 0.1) is 17.1 Å². The number of hydrogen-bond acceptors (Lipinski definition) is 2. The van der Waals surface area contributed by atoms with Gasteiger partial charge in [-0.2, -0.15) is 0 Å². The monoisotopic (exact) mass is 308 g/mol. The fourth-order valence-corrected chi connectivity index (χ4v) is 3.48. The van der Waals surface area contributed by atoms with E-state index < -0.39 is 0 Å². The van der Waals surface area contributed by atoms with Crippen LogP contribution in [0.2, 0.25) is 0 Å². The van der Waals surface area contributed by atoms with Crippen LogP contribution in [0.25, 0.3) is 11.0 Å². The zero-order valence-electron chi connectivity index (χ0n) is 13.7. The first kappa shape index (κ1) is 14.1. The smallest absolute Gasteiger partial charge is 0.254 e. The molecule has 2 aromatic heterocycles. The van der Waals surface area contributed by atoms with Crippen molar-refractivity contribution in [1.29, 1.82) is 0 Å². The predicted molar refractivity (Wildman–Crippen MR) is 89.3 cm³/mol. The summed E-state index contributed by atoms with van der Waals surface area (Å²) in [6.45, 7) is 5.65. The summed E-state index contributed by atoms with van der Waals surface area (Å²) in [5.41, 5.74) is 3.84. The number of nitrogens with zero attached hydrogens (tertiary/aromatic N) is 4. The van der Waals surface area contributed by atoms with Gasteiger partial charge in [0, 0.05) is 37.6 Å². The molecule has 3 aromatic rings. The van der Waals surface area contributed by atoms with Crippen molar-refractivity contribution in [2.75, 3.05) is 6.54 Å². The molecule has 1 atom stereocenters. The van der Waals surface area contributed by atoms with Crippen molar-refractivity contribution in [3.05, 3.63) is 53.6 Å². The van der Waals surface area contributed by atoms with Crippen LogP contribution < -0.4 is 0 Å². The van der Waals surface area contributed by atoms with Crippen molar-refractivity contribution in [1.82, 2.24) is 19.0 Å². The van der Waals surface area contributed by atoms with Gasteiger partial charge in [-0.05, 0) is 44.2 Å². The zero-order valence-corrected chi connectivity index (χ0v) is 13.7. The summed E-state index contributed by atoms with van der Waals surface area (Å²) in [5, 5.41) is 0. The Hall–Kier alpha value is -2.56. The van der Waals surface area contributed by atoms with E-state index in [0.717, 1.165) is 29.9 Å². The lowest BCUT2D eigenvalue weighted by Crippen LogP contribution is -2.40. The van der Waals surface area contributed by atoms with Gasteiger partial charge in [-0.3, -0.25) is 4.79 Å². The summed E-state index contributed by atoms with van der Waals surface area (Å²) in [5.74, 6) is 1.03. The molecule has 0 N–H and O–H groups in total. The van der Waals surface area contributed by atoms with Crippen molar-refractivity contribution in [3.8, 4) is 0 Å². The fourth-order valence-electron chi connectivity index (χ4n) is 3.48. The second-order valence-electron chi connectivity index (χ2n) is 6.22. The molecular formula is C18H20N4O. The quantitative estimate of drug-likeness (QED) is 0.694. The molecule has 1 amide bonds. The molecule has 0 fully saturated rings. The topological polar surface area (TPSA) is 43.1 Å². The van der Waals surface area contributed by atoms with Gasteiger partial charge in [-0.25, -0.2) is 4.98 Å². The van der Waals surface area contributed by atoms with Gasteiger partial charge in [0.25, 0.3) is 5.91 Å². The zero-order chi connectivity index (χ0) is 16.1. The minimum absolute atomic E-state index is 0.0788. The molecule has 5 nitrogen and oxygen atoms in total. The van der Waals surface area contributed by atoms with E-state index in [1.165, 1.54) is 5.69 Å². The maximum atomic E-state index is 13.0. The van der Waals surface area contributed by atoms with Crippen LogP contribution in [-0.2, 0) is 13.6 Å². The molecule has 5 heteroatoms. The van der Waals surface area contributed by atoms with Crippen molar-refractivity contribution in [2.45, 2.75) is 26.4 Å². The third-order valence-corrected chi connectivity index (χ3v) is 4.95. The van der Waals surface area contributed by atoms with Crippen LogP contribution in [0, 0.1) is 6.92 Å². The van der Waals surface area contributed by atoms with Crippen LogP contribution in [0.5, 0.6) is 0 Å². The average molecular weight is 308 g/mol. The summed E-state index contributed by atoms with van der Waals surface area (Å²) < 4.78 is 4.26. The molecule has 23 heavy (non-hydrogen) atoms. The Morgan fingerprint density at radius 3 is 2.91 bits per heavy atom. The number of imidazole rings is 1. The molecule has 4 rings (SSSR count). The molecule has 1 aromatic carbocycles. The Kier molecular flexibility index (Phi) is 3.04. The van der Waals surface area contributed by atoms with Gasteiger partial charge in [-0.15, -0.1) is 0 Å². The van der Waals surface area contributed by atoms with Gasteiger partial charge in [0.1, 0.15) is 5.82 Å². The molecule has 0 aliphatic carbocycles. The van der Waals surface area contributed by atoms with Crippen LogP contribution in [-0.4, -0.2) is 31.5 Å². The van der Waals surface area contributed by atoms with Crippen LogP contribution in [0.1, 0.15) is 34.8 Å². The minimum Gasteiger partial charge on any atom is -0.348 e. The number of carbonyl (C=O) groups excluding carboxylic acids is 1. The third-order valence-electron chi connectivity index (χ3n) is 4.95. The van der Waals surface area contributed by atoms with Crippen LogP contribution in [0.15, 0.2) is 36.5 Å². The van der Waals surface area contributed by atoms with E-state index in [-0.39, 0.29) is 11.9 Å². The number of carbonyl (C=O) groups is 1. The van der Waals surface area contributed by atoms with Crippen molar-refractivity contribution < 1.29 is 4.79 Å². The lowest BCUT2D eigenvalue weighted by atomic mass is 10.1. The molecule has 0 saturated heterocycles. The molecule has 0 bridgehead atoms. The summed E-state index contributed by atoms with van der Waals surface area (Å²) in [6.07, 6.45) is 2.08. The normalized spacial score (nSPS) is 17.5. The van der Waals surface area contributed by atoms with Gasteiger partial charge in [0.2, 0.25) is 0 Å². The van der Waals surface area contributed by atoms with Crippen LogP contribution >= 0.6 is 0 Å². The van der Waals surface area contributed by atoms with E-state index >= 15 is 0 Å². The molecule has 0 spiro atoms. The number of rotatable bonds is 1. The molecule has 0 unspecified atom stereocenters. The first-order valence-electron chi connectivity index (χ1n) is 7.95. The highest BCUT2D eigenvalue weighted by Gasteiger charge is 2.28. The highest BCUT2D eigenvalue weighted by atomic mass is 16.2. The van der Waals surface area contributed by atoms with Gasteiger partial charge in [0.15, 0.2) is 0 Å². The van der Waals surface area contributed by atoms with Crippen molar-refractivity contribution in [3.63, 3.8) is 0 Å². The predicted octanol–water partition coefficient (Wildman–Crippen LogP) is 2.90. The maximum absolute atomic E-state index is 13.0. The lowest BCUT2D eigenvalue weighted by Gasteiger charge is -2.35. The number of hydrogen-bond donors (Lipinski definition) is 0. The maximum Gasteiger partial charge on any atom is 0.254 e. The van der Waals surface area contributed by atoms with Crippen LogP contribution in [0.3, 0.4) is 0 Å². The van der Waals surface area contributed by atoms with Crippen LogP contribution in [0.4, 0.5) is 0 Å². The summed E-state index contributed by atoms with van der Waals surface area (Å²) in [6, 6.07) is 10.0. The first-order chi connectivity index (χ1) is 11.1. The second-order valence-corrected chi connectivity index (χ2v) is 6.22. The van der Waals surface area contributed by atoms with E-state index in [2.05, 4.69) is 28.7 Å². The molecule has 118 valence electrons. The van der Waals surface area contributed by atoms with Gasteiger partial charge >= 0.3 is 0 Å². The molecule has 0 radical (unpaired) electrons. The standard InChI is InChI=1S/C18H20N4O/c1-12-16-5-4-8-21(16)9-10-22(12)18(23)14-6-7-17-15(11-14)19-13(2)20(17)3/h4-8,11-12H,9-10H2,1-3H3/t12-/m1/s1. The summed E-state index contributed by atoms with van der Waals surface area (Å²) in [4.78, 5) is 19.4. The summed E-state index contributed by atoms with van der Waals surface area (Å²) in [7, 11) is 1.99. The third kappa shape index (κ3) is 2.07. The average Bonchev–Trinajstić information content (AvgIpc) is 3.13. The van der Waals surface area contributed by atoms with Crippen molar-refractivity contribution >= 4 is 16.9 Å². The van der Waals surface area contributed by atoms with E-state index in [0.29, 0.717) is 5.56 Å². The number of aryl methyl sites for hydroxylation is 2. The number of benzene rings is 1. The van der Waals surface area contributed by atoms with E-state index in [9.17, 15) is 4.79 Å². The molecular weight excluding hydrogens is 288 g/mol. The van der Waals surface area contributed by atoms with Crippen molar-refractivity contribution in [2.24, 2.45) is 7.05 Å². The number of fused-ring (bicyclic) bond motifs is 2. The SMILES string of the molecule is Cc1nc2cc(C(=O)N3CCn4cccc4[C@H]3C)ccc2n1C. The van der Waals surface area contributed by atoms with E-state index in [1.54, 1.807) is 0 Å². The molecule has 3 heterocycles. The van der Waals surface area contributed by atoms with E-state index in [1.807, 2.05) is 47.7 Å². The Bertz CT molecular complexity index is 905. The number of aromatic nitrogens is 3. The second kappa shape index (κ2) is 4.98. The molecule has 1 aliphatic rings. The van der Waals surface area contributed by atoms with Gasteiger partial charge in [-0.1, -0.05) is 0 Å². The summed E-state index contributed by atoms with van der Waals surface area (Å²) >= 11 is 0. The van der Waals surface area contributed by atoms with Gasteiger partial charge < -0.3 is 14.0 Å². The first-order valence-corrected chi connectivity index (χ1v) is 7.95. The Balaban J connectivity index is 1.69. The Morgan fingerprint density at radius 1 is 1.26 bits per heavy atom. The Labute approximate surface area is 135 Å². The fraction of sp³-hybridized carbons (Fsp3) is 0.333. The highest BCUT2D eigenvalue weighted by molar-refractivity contribution is 5.97. The van der Waals surface area contributed by atoms with E-state index in [4.69, 9.17) is 0 Å². The molecule has 0 saturated carbocycles. The Morgan fingerprint density at radius 2 is 2.09 bits per heavy atom. The lowest BCUT2D eigenvalue weighted by molar-refractivity contribution is 0.0644. The number of amides is 1. The highest BCUT2D eigenvalue weighted by Crippen LogP contribution is 2.27. The largest absolute Gasteiger partial charge is 0.348 e.